The van der Waals surface area contributed by atoms with Crippen LogP contribution in [0.2, 0.25) is 0 Å². The molecule has 1 N–H and O–H groups in total. The molecule has 80 valence electrons. The molecule has 5 heteroatoms. The Bertz CT molecular complexity index is 246. The molecule has 5 nitrogen and oxygen atoms in total. The van der Waals surface area contributed by atoms with E-state index in [1.807, 2.05) is 13.8 Å². The van der Waals surface area contributed by atoms with Gasteiger partial charge >= 0.3 is 0 Å². The maximum Gasteiger partial charge on any atom is 0.186 e. The molecule has 0 saturated carbocycles. The van der Waals surface area contributed by atoms with Gasteiger partial charge in [-0.25, -0.2) is 0 Å². The van der Waals surface area contributed by atoms with Gasteiger partial charge in [0.05, 0.1) is 6.61 Å². The van der Waals surface area contributed by atoms with Crippen molar-refractivity contribution < 1.29 is 24.1 Å². The van der Waals surface area contributed by atoms with Crippen molar-refractivity contribution in [2.24, 2.45) is 0 Å². The van der Waals surface area contributed by atoms with Gasteiger partial charge in [0.2, 0.25) is 0 Å². The van der Waals surface area contributed by atoms with E-state index in [9.17, 15) is 5.11 Å². The maximum atomic E-state index is 9.84. The molecule has 3 heterocycles. The van der Waals surface area contributed by atoms with Crippen LogP contribution in [-0.4, -0.2) is 48.2 Å². The lowest BCUT2D eigenvalue weighted by Gasteiger charge is -2.31. The first-order chi connectivity index (χ1) is 6.57. The highest BCUT2D eigenvalue weighted by Crippen LogP contribution is 2.40. The van der Waals surface area contributed by atoms with Crippen LogP contribution < -0.4 is 0 Å². The fourth-order valence-electron chi connectivity index (χ4n) is 2.32. The van der Waals surface area contributed by atoms with Crippen LogP contribution in [0.5, 0.6) is 0 Å². The molecule has 0 radical (unpaired) electrons. The number of aliphatic hydroxyl groups excluding tert-OH is 1. The van der Waals surface area contributed by atoms with Gasteiger partial charge < -0.3 is 24.1 Å². The highest BCUT2D eigenvalue weighted by Gasteiger charge is 2.57. The Morgan fingerprint density at radius 3 is 2.71 bits per heavy atom. The predicted octanol–water partition coefficient (Wildman–Crippen LogP) is -0.378. The Morgan fingerprint density at radius 1 is 1.21 bits per heavy atom. The number of hydrogen-bond acceptors (Lipinski definition) is 5. The molecule has 14 heavy (non-hydrogen) atoms. The van der Waals surface area contributed by atoms with E-state index in [-0.39, 0.29) is 18.3 Å². The van der Waals surface area contributed by atoms with Crippen LogP contribution in [0.15, 0.2) is 0 Å². The molecule has 0 aliphatic carbocycles. The summed E-state index contributed by atoms with van der Waals surface area (Å²) in [5.74, 6) is -0.635. The fraction of sp³-hybridized carbons (Fsp3) is 1.00. The van der Waals surface area contributed by atoms with Gasteiger partial charge in [0, 0.05) is 0 Å². The Balaban J connectivity index is 1.88. The lowest BCUT2D eigenvalue weighted by molar-refractivity contribution is -0.204. The number of ether oxygens (including phenoxy) is 4. The van der Waals surface area contributed by atoms with E-state index in [1.54, 1.807) is 0 Å². The monoisotopic (exact) mass is 202 g/mol. The van der Waals surface area contributed by atoms with Gasteiger partial charge in [-0.05, 0) is 13.8 Å². The summed E-state index contributed by atoms with van der Waals surface area (Å²) in [5, 5.41) is 9.84. The molecule has 3 fully saturated rings. The topological polar surface area (TPSA) is 57.2 Å². The highest BCUT2D eigenvalue weighted by atomic mass is 16.8. The Labute approximate surface area is 81.9 Å². The van der Waals surface area contributed by atoms with Gasteiger partial charge in [0.25, 0.3) is 0 Å². The molecule has 3 aliphatic rings. The van der Waals surface area contributed by atoms with Crippen LogP contribution in [0.3, 0.4) is 0 Å². The first-order valence-electron chi connectivity index (χ1n) is 4.88. The van der Waals surface area contributed by atoms with Crippen molar-refractivity contribution in [3.8, 4) is 0 Å². The number of hydrogen-bond donors (Lipinski definition) is 1. The first kappa shape index (κ1) is 9.06. The third kappa shape index (κ3) is 1.14. The van der Waals surface area contributed by atoms with Crippen molar-refractivity contribution >= 4 is 0 Å². The third-order valence-corrected chi connectivity index (χ3v) is 2.88. The zero-order valence-electron chi connectivity index (χ0n) is 8.17. The van der Waals surface area contributed by atoms with E-state index in [1.165, 1.54) is 0 Å². The summed E-state index contributed by atoms with van der Waals surface area (Å²) in [4.78, 5) is 0. The van der Waals surface area contributed by atoms with Crippen LogP contribution >= 0.6 is 0 Å². The second kappa shape index (κ2) is 2.68. The standard InChI is InChI=1S/C9H14O5/c1-9(2)13-6-4-3-11-8(12-4)5(10)7(6)14-9/h4-8,10H,3H2,1-2H3/t4?,5-,6+,7-,8?/m0/s1. The highest BCUT2D eigenvalue weighted by molar-refractivity contribution is 4.99. The molecule has 3 aliphatic heterocycles. The normalized spacial score (nSPS) is 54.6. The SMILES string of the molecule is CC1(C)O[C@H]2[C@H](O)C3OCC(O3)[C@H]2O1. The summed E-state index contributed by atoms with van der Waals surface area (Å²) in [6.07, 6.45) is -1.93. The smallest absolute Gasteiger partial charge is 0.186 e. The van der Waals surface area contributed by atoms with Crippen LogP contribution in [-0.2, 0) is 18.9 Å². The number of fused-ring (bicyclic) bond motifs is 4. The second-order valence-corrected chi connectivity index (χ2v) is 4.43. The fourth-order valence-corrected chi connectivity index (χ4v) is 2.32. The second-order valence-electron chi connectivity index (χ2n) is 4.43. The van der Waals surface area contributed by atoms with Gasteiger partial charge in [0.1, 0.15) is 24.4 Å². The molecule has 0 aromatic carbocycles. The number of rotatable bonds is 0. The van der Waals surface area contributed by atoms with E-state index in [4.69, 9.17) is 18.9 Å². The lowest BCUT2D eigenvalue weighted by Crippen LogP contribution is -2.52. The molecule has 0 aromatic heterocycles. The zero-order chi connectivity index (χ0) is 9.92. The van der Waals surface area contributed by atoms with Crippen molar-refractivity contribution in [1.82, 2.24) is 0 Å². The summed E-state index contributed by atoms with van der Waals surface area (Å²) in [6, 6.07) is 0. The molecule has 2 bridgehead atoms. The van der Waals surface area contributed by atoms with Gasteiger partial charge in [0.15, 0.2) is 12.1 Å². The van der Waals surface area contributed by atoms with E-state index in [0.717, 1.165) is 0 Å². The van der Waals surface area contributed by atoms with Crippen molar-refractivity contribution in [2.75, 3.05) is 6.61 Å². The van der Waals surface area contributed by atoms with E-state index in [0.29, 0.717) is 6.61 Å². The van der Waals surface area contributed by atoms with Crippen LogP contribution in [0, 0.1) is 0 Å². The van der Waals surface area contributed by atoms with Gasteiger partial charge in [-0.15, -0.1) is 0 Å². The van der Waals surface area contributed by atoms with Gasteiger partial charge in [-0.1, -0.05) is 0 Å². The summed E-state index contributed by atoms with van der Waals surface area (Å²) in [5.41, 5.74) is 0. The minimum atomic E-state index is -0.750. The molecule has 0 spiro atoms. The summed E-state index contributed by atoms with van der Waals surface area (Å²) >= 11 is 0. The van der Waals surface area contributed by atoms with Crippen LogP contribution in [0.1, 0.15) is 13.8 Å². The quantitative estimate of drug-likeness (QED) is 0.580. The van der Waals surface area contributed by atoms with Crippen LogP contribution in [0.4, 0.5) is 0 Å². The third-order valence-electron chi connectivity index (χ3n) is 2.88. The molecular weight excluding hydrogens is 188 g/mol. The van der Waals surface area contributed by atoms with Crippen LogP contribution in [0.25, 0.3) is 0 Å². The summed E-state index contributed by atoms with van der Waals surface area (Å²) < 4.78 is 22.0. The van der Waals surface area contributed by atoms with E-state index >= 15 is 0 Å². The molecule has 5 atom stereocenters. The minimum Gasteiger partial charge on any atom is -0.385 e. The van der Waals surface area contributed by atoms with Crippen molar-refractivity contribution in [3.05, 3.63) is 0 Å². The van der Waals surface area contributed by atoms with E-state index < -0.39 is 18.2 Å². The molecule has 0 amide bonds. The molecule has 3 saturated heterocycles. The van der Waals surface area contributed by atoms with E-state index in [2.05, 4.69) is 0 Å². The minimum absolute atomic E-state index is 0.102. The lowest BCUT2D eigenvalue weighted by atomic mass is 10.0. The Kier molecular flexibility index (Phi) is 1.73. The van der Waals surface area contributed by atoms with Crippen molar-refractivity contribution in [3.63, 3.8) is 0 Å². The first-order valence-corrected chi connectivity index (χ1v) is 4.88. The average molecular weight is 202 g/mol. The predicted molar refractivity (Wildman–Crippen MR) is 44.4 cm³/mol. The average Bonchev–Trinajstić information content (AvgIpc) is 2.64. The zero-order valence-corrected chi connectivity index (χ0v) is 8.17. The summed E-state index contributed by atoms with van der Waals surface area (Å²) in [7, 11) is 0. The Hall–Kier alpha value is -0.200. The van der Waals surface area contributed by atoms with Crippen molar-refractivity contribution in [2.45, 2.75) is 50.3 Å². The summed E-state index contributed by atoms with van der Waals surface area (Å²) in [6.45, 7) is 4.15. The Morgan fingerprint density at radius 2 is 1.93 bits per heavy atom. The molecule has 3 rings (SSSR count). The molecular formula is C9H14O5. The van der Waals surface area contributed by atoms with Crippen molar-refractivity contribution in [1.29, 1.82) is 0 Å². The molecule has 0 aromatic rings. The molecule has 2 unspecified atom stereocenters. The van der Waals surface area contributed by atoms with Gasteiger partial charge in [-0.2, -0.15) is 0 Å². The largest absolute Gasteiger partial charge is 0.385 e. The number of aliphatic hydroxyl groups is 1. The maximum absolute atomic E-state index is 9.84. The van der Waals surface area contributed by atoms with Gasteiger partial charge in [-0.3, -0.25) is 0 Å².